The molecule has 1 unspecified atom stereocenters. The molecular weight excluding hydrogens is 252 g/mol. The van der Waals surface area contributed by atoms with Gasteiger partial charge in [0.25, 0.3) is 0 Å². The summed E-state index contributed by atoms with van der Waals surface area (Å²) in [6, 6.07) is 10.3. The topological polar surface area (TPSA) is 52.0 Å². The monoisotopic (exact) mass is 274 g/mol. The zero-order chi connectivity index (χ0) is 14.2. The van der Waals surface area contributed by atoms with Crippen LogP contribution in [0.3, 0.4) is 0 Å². The molecule has 1 aromatic heterocycles. The molecule has 0 radical (unpaired) electrons. The highest BCUT2D eigenvalue weighted by atomic mass is 16.5. The van der Waals surface area contributed by atoms with Gasteiger partial charge in [-0.3, -0.25) is 0 Å². The molecule has 0 spiro atoms. The number of hydrogen-bond donors (Lipinski definition) is 1. The summed E-state index contributed by atoms with van der Waals surface area (Å²) in [4.78, 5) is 0. The fraction of sp³-hybridized carbons (Fsp3) is 0.467. The first-order chi connectivity index (χ1) is 9.86. The molecule has 1 N–H and O–H groups in total. The van der Waals surface area contributed by atoms with E-state index in [2.05, 4.69) is 15.6 Å². The van der Waals surface area contributed by atoms with E-state index in [-0.39, 0.29) is 6.04 Å². The van der Waals surface area contributed by atoms with Crippen molar-refractivity contribution in [2.45, 2.75) is 25.8 Å². The van der Waals surface area contributed by atoms with Crippen LogP contribution in [0.5, 0.6) is 0 Å². The standard InChI is InChI=1S/C15H22N4O/c1-3-20-11-7-10-14(16-2)15-12-17-18-19(15)13-8-5-4-6-9-13/h4-6,8-9,12,14,16H,3,7,10-11H2,1-2H3. The second-order valence-corrected chi connectivity index (χ2v) is 4.59. The normalized spacial score (nSPS) is 12.5. The molecule has 0 aliphatic carbocycles. The van der Waals surface area contributed by atoms with Crippen molar-refractivity contribution in [3.63, 3.8) is 0 Å². The first-order valence-corrected chi connectivity index (χ1v) is 7.07. The van der Waals surface area contributed by atoms with E-state index in [9.17, 15) is 0 Å². The quantitative estimate of drug-likeness (QED) is 0.751. The first-order valence-electron chi connectivity index (χ1n) is 7.07. The van der Waals surface area contributed by atoms with Gasteiger partial charge in [-0.15, -0.1) is 5.10 Å². The van der Waals surface area contributed by atoms with E-state index in [0.717, 1.165) is 37.4 Å². The molecule has 0 amide bonds. The van der Waals surface area contributed by atoms with Gasteiger partial charge in [0.2, 0.25) is 0 Å². The summed E-state index contributed by atoms with van der Waals surface area (Å²) in [6.45, 7) is 3.58. The van der Waals surface area contributed by atoms with Crippen LogP contribution in [0, 0.1) is 0 Å². The Kier molecular flexibility index (Phi) is 5.70. The van der Waals surface area contributed by atoms with Gasteiger partial charge in [0.1, 0.15) is 0 Å². The summed E-state index contributed by atoms with van der Waals surface area (Å²) in [7, 11) is 1.97. The molecule has 0 saturated heterocycles. The van der Waals surface area contributed by atoms with Crippen molar-refractivity contribution in [2.75, 3.05) is 20.3 Å². The van der Waals surface area contributed by atoms with Gasteiger partial charge in [-0.1, -0.05) is 23.4 Å². The lowest BCUT2D eigenvalue weighted by molar-refractivity contribution is 0.141. The highest BCUT2D eigenvalue weighted by molar-refractivity contribution is 5.32. The Morgan fingerprint density at radius 3 is 2.80 bits per heavy atom. The predicted octanol–water partition coefficient (Wildman–Crippen LogP) is 2.34. The second-order valence-electron chi connectivity index (χ2n) is 4.59. The Morgan fingerprint density at radius 2 is 2.10 bits per heavy atom. The first kappa shape index (κ1) is 14.7. The summed E-state index contributed by atoms with van der Waals surface area (Å²) in [6.07, 6.45) is 3.84. The smallest absolute Gasteiger partial charge is 0.0815 e. The molecule has 0 bridgehead atoms. The number of hydrogen-bond acceptors (Lipinski definition) is 4. The average Bonchev–Trinajstić information content (AvgIpc) is 2.98. The van der Waals surface area contributed by atoms with Gasteiger partial charge < -0.3 is 10.1 Å². The van der Waals surface area contributed by atoms with Crippen molar-refractivity contribution in [3.8, 4) is 5.69 Å². The Bertz CT molecular complexity index is 498. The SMILES string of the molecule is CCOCCCC(NC)c1cnnn1-c1ccccc1. The molecule has 1 atom stereocenters. The van der Waals surface area contributed by atoms with Crippen molar-refractivity contribution in [2.24, 2.45) is 0 Å². The van der Waals surface area contributed by atoms with Crippen LogP contribution in [0.1, 0.15) is 31.5 Å². The molecule has 5 heteroatoms. The molecule has 2 aromatic rings. The third kappa shape index (κ3) is 3.65. The highest BCUT2D eigenvalue weighted by Gasteiger charge is 2.16. The van der Waals surface area contributed by atoms with Gasteiger partial charge >= 0.3 is 0 Å². The molecule has 1 heterocycles. The molecule has 2 rings (SSSR count). The number of nitrogens with zero attached hydrogens (tertiary/aromatic N) is 3. The summed E-state index contributed by atoms with van der Waals surface area (Å²) < 4.78 is 7.29. The number of nitrogens with one attached hydrogen (secondary N) is 1. The zero-order valence-corrected chi connectivity index (χ0v) is 12.1. The van der Waals surface area contributed by atoms with Gasteiger partial charge in [-0.2, -0.15) is 0 Å². The van der Waals surface area contributed by atoms with Crippen molar-refractivity contribution >= 4 is 0 Å². The lowest BCUT2D eigenvalue weighted by Gasteiger charge is -2.17. The minimum absolute atomic E-state index is 0.227. The third-order valence-electron chi connectivity index (χ3n) is 3.27. The van der Waals surface area contributed by atoms with E-state index in [4.69, 9.17) is 4.74 Å². The Morgan fingerprint density at radius 1 is 1.30 bits per heavy atom. The fourth-order valence-corrected chi connectivity index (χ4v) is 2.22. The average molecular weight is 274 g/mol. The molecule has 20 heavy (non-hydrogen) atoms. The van der Waals surface area contributed by atoms with Crippen molar-refractivity contribution < 1.29 is 4.74 Å². The van der Waals surface area contributed by atoms with Gasteiger partial charge in [-0.25, -0.2) is 4.68 Å². The van der Waals surface area contributed by atoms with E-state index in [1.165, 1.54) is 0 Å². The lowest BCUT2D eigenvalue weighted by Crippen LogP contribution is -2.20. The van der Waals surface area contributed by atoms with E-state index >= 15 is 0 Å². The summed E-state index contributed by atoms with van der Waals surface area (Å²) in [5, 5.41) is 11.6. The second kappa shape index (κ2) is 7.77. The van der Waals surface area contributed by atoms with E-state index in [1.807, 2.05) is 55.2 Å². The molecule has 1 aromatic carbocycles. The fourth-order valence-electron chi connectivity index (χ4n) is 2.22. The number of rotatable bonds is 8. The molecule has 0 aliphatic heterocycles. The minimum Gasteiger partial charge on any atom is -0.382 e. The largest absolute Gasteiger partial charge is 0.382 e. The Balaban J connectivity index is 2.09. The maximum Gasteiger partial charge on any atom is 0.0815 e. The number of benzene rings is 1. The molecule has 0 fully saturated rings. The molecule has 0 saturated carbocycles. The third-order valence-corrected chi connectivity index (χ3v) is 3.27. The van der Waals surface area contributed by atoms with Crippen molar-refractivity contribution in [1.29, 1.82) is 0 Å². The molecule has 108 valence electrons. The van der Waals surface area contributed by atoms with Crippen LogP contribution in [-0.2, 0) is 4.74 Å². The lowest BCUT2D eigenvalue weighted by atomic mass is 10.1. The van der Waals surface area contributed by atoms with Crippen LogP contribution >= 0.6 is 0 Å². The minimum atomic E-state index is 0.227. The van der Waals surface area contributed by atoms with Crippen LogP contribution in [0.25, 0.3) is 5.69 Å². The van der Waals surface area contributed by atoms with Crippen LogP contribution in [0.2, 0.25) is 0 Å². The number of para-hydroxylation sites is 1. The van der Waals surface area contributed by atoms with Crippen LogP contribution in [-0.4, -0.2) is 35.3 Å². The van der Waals surface area contributed by atoms with Gasteiger partial charge in [-0.05, 0) is 38.9 Å². The molecule has 0 aliphatic rings. The summed E-state index contributed by atoms with van der Waals surface area (Å²) in [5.74, 6) is 0. The predicted molar refractivity (Wildman–Crippen MR) is 78.9 cm³/mol. The van der Waals surface area contributed by atoms with Gasteiger partial charge in [0, 0.05) is 13.2 Å². The number of ether oxygens (including phenoxy) is 1. The van der Waals surface area contributed by atoms with E-state index in [1.54, 1.807) is 0 Å². The highest BCUT2D eigenvalue weighted by Crippen LogP contribution is 2.20. The maximum atomic E-state index is 5.39. The number of aromatic nitrogens is 3. The summed E-state index contributed by atoms with van der Waals surface area (Å²) in [5.41, 5.74) is 2.11. The van der Waals surface area contributed by atoms with Crippen LogP contribution < -0.4 is 5.32 Å². The van der Waals surface area contributed by atoms with Gasteiger partial charge in [0.15, 0.2) is 0 Å². The summed E-state index contributed by atoms with van der Waals surface area (Å²) >= 11 is 0. The van der Waals surface area contributed by atoms with E-state index in [0.29, 0.717) is 0 Å². The molecule has 5 nitrogen and oxygen atoms in total. The Labute approximate surface area is 120 Å². The zero-order valence-electron chi connectivity index (χ0n) is 12.1. The van der Waals surface area contributed by atoms with Crippen LogP contribution in [0.15, 0.2) is 36.5 Å². The van der Waals surface area contributed by atoms with Crippen molar-refractivity contribution in [1.82, 2.24) is 20.3 Å². The molecular formula is C15H22N4O. The van der Waals surface area contributed by atoms with Crippen molar-refractivity contribution in [3.05, 3.63) is 42.2 Å². The van der Waals surface area contributed by atoms with E-state index < -0.39 is 0 Å². The van der Waals surface area contributed by atoms with Gasteiger partial charge in [0.05, 0.1) is 23.6 Å². The maximum absolute atomic E-state index is 5.39. The van der Waals surface area contributed by atoms with Crippen LogP contribution in [0.4, 0.5) is 0 Å². The Hall–Kier alpha value is -1.72.